The number of rotatable bonds is 12. The Bertz CT molecular complexity index is 1200. The minimum Gasteiger partial charge on any atom is -0.494 e. The summed E-state index contributed by atoms with van der Waals surface area (Å²) in [6, 6.07) is 33.6. The van der Waals surface area contributed by atoms with E-state index >= 15 is 0 Å². The maximum Gasteiger partial charge on any atom is 0.119 e. The van der Waals surface area contributed by atoms with Gasteiger partial charge in [-0.25, -0.2) is 0 Å². The molecule has 0 aliphatic rings. The van der Waals surface area contributed by atoms with Gasteiger partial charge in [-0.05, 0) is 119 Å². The minimum atomic E-state index is -0.622. The van der Waals surface area contributed by atoms with Gasteiger partial charge in [0.1, 0.15) is 11.5 Å². The van der Waals surface area contributed by atoms with Gasteiger partial charge < -0.3 is 25.0 Å². The van der Waals surface area contributed by atoms with Crippen molar-refractivity contribution in [3.8, 4) is 11.5 Å². The fraction of sp³-hybridized carbons (Fsp3) is 0.294. The number of benzene rings is 4. The molecular weight excluding hydrogens is 482 g/mol. The van der Waals surface area contributed by atoms with Gasteiger partial charge in [0.2, 0.25) is 0 Å². The summed E-state index contributed by atoms with van der Waals surface area (Å²) < 4.78 is 11.2. The quantitative estimate of drug-likeness (QED) is 0.204. The summed E-state index contributed by atoms with van der Waals surface area (Å²) in [6.45, 7) is 13.4. The molecule has 0 aromatic heterocycles. The van der Waals surface area contributed by atoms with E-state index in [0.717, 1.165) is 58.5 Å². The first kappa shape index (κ1) is 28.1. The lowest BCUT2D eigenvalue weighted by Gasteiger charge is -2.29. The van der Waals surface area contributed by atoms with E-state index in [1.165, 1.54) is 0 Å². The third-order valence-electron chi connectivity index (χ3n) is 7.11. The molecule has 0 heterocycles. The fourth-order valence-electron chi connectivity index (χ4n) is 4.95. The van der Waals surface area contributed by atoms with E-state index in [1.807, 2.05) is 38.1 Å². The van der Waals surface area contributed by atoms with Gasteiger partial charge in [0.05, 0.1) is 18.8 Å². The summed E-state index contributed by atoms with van der Waals surface area (Å²) in [7, 11) is 0. The Kier molecular flexibility index (Phi) is 9.15. The van der Waals surface area contributed by atoms with Crippen molar-refractivity contribution in [1.29, 1.82) is 0 Å². The molecule has 2 N–H and O–H groups in total. The second-order valence-electron chi connectivity index (χ2n) is 9.64. The highest BCUT2D eigenvalue weighted by atomic mass is 16.5. The Morgan fingerprint density at radius 2 is 0.795 bits per heavy atom. The summed E-state index contributed by atoms with van der Waals surface area (Å²) in [6.07, 6.45) is 0. The molecule has 0 radical (unpaired) electrons. The number of hydrogen-bond donors (Lipinski definition) is 1. The number of nitrogens with two attached hydrogens (primary N) is 1. The van der Waals surface area contributed by atoms with E-state index in [0.29, 0.717) is 13.2 Å². The zero-order chi connectivity index (χ0) is 27.8. The molecule has 4 aromatic rings. The van der Waals surface area contributed by atoms with Crippen molar-refractivity contribution in [3.63, 3.8) is 0 Å². The van der Waals surface area contributed by atoms with E-state index < -0.39 is 5.54 Å². The highest BCUT2D eigenvalue weighted by Crippen LogP contribution is 2.33. The Balaban J connectivity index is 1.51. The van der Waals surface area contributed by atoms with Crippen LogP contribution >= 0.6 is 0 Å². The van der Waals surface area contributed by atoms with Gasteiger partial charge >= 0.3 is 0 Å². The molecule has 4 aromatic carbocycles. The predicted octanol–water partition coefficient (Wildman–Crippen LogP) is 8.02. The third-order valence-corrected chi connectivity index (χ3v) is 7.11. The first-order valence-electron chi connectivity index (χ1n) is 13.9. The van der Waals surface area contributed by atoms with Crippen LogP contribution in [0.25, 0.3) is 0 Å². The molecule has 5 nitrogen and oxygen atoms in total. The van der Waals surface area contributed by atoms with Crippen molar-refractivity contribution in [2.75, 3.05) is 36.1 Å². The lowest BCUT2D eigenvalue weighted by molar-refractivity contribution is 0.340. The van der Waals surface area contributed by atoms with Crippen LogP contribution in [0.2, 0.25) is 0 Å². The van der Waals surface area contributed by atoms with E-state index in [1.54, 1.807) is 0 Å². The normalized spacial score (nSPS) is 11.2. The number of anilines is 4. The van der Waals surface area contributed by atoms with Gasteiger partial charge in [0, 0.05) is 35.8 Å². The van der Waals surface area contributed by atoms with E-state index in [-0.39, 0.29) is 0 Å². The van der Waals surface area contributed by atoms with Crippen LogP contribution in [-0.2, 0) is 5.54 Å². The summed E-state index contributed by atoms with van der Waals surface area (Å²) in [5.74, 6) is 1.78. The summed E-state index contributed by atoms with van der Waals surface area (Å²) in [5, 5.41) is 0. The molecule has 204 valence electrons. The largest absolute Gasteiger partial charge is 0.494 e. The van der Waals surface area contributed by atoms with Crippen LogP contribution in [-0.4, -0.2) is 26.3 Å². The molecule has 39 heavy (non-hydrogen) atoms. The maximum atomic E-state index is 6.93. The van der Waals surface area contributed by atoms with Crippen LogP contribution < -0.4 is 25.0 Å². The Morgan fingerprint density at radius 3 is 1.05 bits per heavy atom. The molecule has 0 fully saturated rings. The van der Waals surface area contributed by atoms with Crippen LogP contribution in [0.1, 0.15) is 45.7 Å². The van der Waals surface area contributed by atoms with Gasteiger partial charge in [-0.1, -0.05) is 24.3 Å². The third kappa shape index (κ3) is 6.37. The smallest absolute Gasteiger partial charge is 0.119 e. The predicted molar refractivity (Wildman–Crippen MR) is 164 cm³/mol. The second-order valence-corrected chi connectivity index (χ2v) is 9.64. The van der Waals surface area contributed by atoms with Crippen molar-refractivity contribution in [3.05, 3.63) is 108 Å². The Morgan fingerprint density at radius 1 is 0.513 bits per heavy atom. The van der Waals surface area contributed by atoms with Crippen LogP contribution in [0.5, 0.6) is 11.5 Å². The molecule has 4 rings (SSSR count). The van der Waals surface area contributed by atoms with Crippen molar-refractivity contribution < 1.29 is 9.47 Å². The first-order chi connectivity index (χ1) is 18.9. The molecule has 0 saturated carbocycles. The monoisotopic (exact) mass is 523 g/mol. The number of nitrogens with zero attached hydrogens (tertiary/aromatic N) is 2. The molecule has 0 unspecified atom stereocenters. The average molecular weight is 524 g/mol. The minimum absolute atomic E-state index is 0.622. The standard InChI is InChI=1S/C34H41N3O2/c1-6-36(30-18-22-32(23-19-30)38-8-3)28-14-10-26(11-15-28)34(5,35)27-12-16-29(17-13-27)37(7-2)31-20-24-33(25-21-31)39-9-4/h10-25H,6-9,35H2,1-5H3. The van der Waals surface area contributed by atoms with Crippen LogP contribution in [0.3, 0.4) is 0 Å². The molecule has 0 amide bonds. The molecule has 5 heteroatoms. The van der Waals surface area contributed by atoms with Gasteiger partial charge in [-0.15, -0.1) is 0 Å². The molecule has 0 aliphatic carbocycles. The Labute approximate surface area is 233 Å². The first-order valence-corrected chi connectivity index (χ1v) is 13.9. The summed E-state index contributed by atoms with van der Waals surface area (Å²) >= 11 is 0. The van der Waals surface area contributed by atoms with Crippen molar-refractivity contribution in [2.24, 2.45) is 5.73 Å². The fourth-order valence-corrected chi connectivity index (χ4v) is 4.95. The van der Waals surface area contributed by atoms with Crippen molar-refractivity contribution in [2.45, 2.75) is 40.2 Å². The lowest BCUT2D eigenvalue weighted by atomic mass is 9.85. The van der Waals surface area contributed by atoms with Crippen molar-refractivity contribution >= 4 is 22.7 Å². The van der Waals surface area contributed by atoms with Crippen molar-refractivity contribution in [1.82, 2.24) is 0 Å². The topological polar surface area (TPSA) is 51.0 Å². The SMILES string of the molecule is CCOc1ccc(N(CC)c2ccc(C(C)(N)c3ccc(N(CC)c4ccc(OCC)cc4)cc3)cc2)cc1. The molecule has 0 spiro atoms. The van der Waals surface area contributed by atoms with Gasteiger partial charge in [-0.3, -0.25) is 0 Å². The zero-order valence-electron chi connectivity index (χ0n) is 23.9. The highest BCUT2D eigenvalue weighted by molar-refractivity contribution is 5.66. The van der Waals surface area contributed by atoms with Gasteiger partial charge in [0.25, 0.3) is 0 Å². The molecule has 0 bridgehead atoms. The average Bonchev–Trinajstić information content (AvgIpc) is 2.96. The van der Waals surface area contributed by atoms with Crippen LogP contribution in [0, 0.1) is 0 Å². The molecule has 0 aliphatic heterocycles. The molecule has 0 saturated heterocycles. The summed E-state index contributed by atoms with van der Waals surface area (Å²) in [4.78, 5) is 4.56. The number of hydrogen-bond acceptors (Lipinski definition) is 5. The summed E-state index contributed by atoms with van der Waals surface area (Å²) in [5.41, 5.74) is 13.0. The highest BCUT2D eigenvalue weighted by Gasteiger charge is 2.24. The van der Waals surface area contributed by atoms with Gasteiger partial charge in [0.15, 0.2) is 0 Å². The second kappa shape index (κ2) is 12.7. The van der Waals surface area contributed by atoms with Crippen LogP contribution in [0.4, 0.5) is 22.7 Å². The van der Waals surface area contributed by atoms with Crippen LogP contribution in [0.15, 0.2) is 97.1 Å². The van der Waals surface area contributed by atoms with E-state index in [4.69, 9.17) is 15.2 Å². The zero-order valence-corrected chi connectivity index (χ0v) is 23.9. The Hall–Kier alpha value is -3.96. The maximum absolute atomic E-state index is 6.93. The lowest BCUT2D eigenvalue weighted by Crippen LogP contribution is -2.34. The molecular formula is C34H41N3O2. The molecule has 0 atom stereocenters. The van der Waals surface area contributed by atoms with Gasteiger partial charge in [-0.2, -0.15) is 0 Å². The number of ether oxygens (including phenoxy) is 2. The van der Waals surface area contributed by atoms with E-state index in [9.17, 15) is 0 Å². The van der Waals surface area contributed by atoms with E-state index in [2.05, 4.69) is 103 Å².